The van der Waals surface area contributed by atoms with Crippen molar-refractivity contribution in [2.24, 2.45) is 5.92 Å². The molecular formula is C23H37N5O2. The highest BCUT2D eigenvalue weighted by Crippen LogP contribution is 2.21. The van der Waals surface area contributed by atoms with Crippen LogP contribution in [0.4, 0.5) is 0 Å². The van der Waals surface area contributed by atoms with E-state index in [4.69, 9.17) is 0 Å². The second-order valence-electron chi connectivity index (χ2n) is 8.83. The van der Waals surface area contributed by atoms with Gasteiger partial charge >= 0.3 is 0 Å². The van der Waals surface area contributed by atoms with Crippen molar-refractivity contribution in [2.75, 3.05) is 45.8 Å². The number of nitrogens with one attached hydrogen (secondary N) is 1. The molecule has 2 aliphatic rings. The molecule has 30 heavy (non-hydrogen) atoms. The van der Waals surface area contributed by atoms with Crippen LogP contribution < -0.4 is 5.32 Å². The van der Waals surface area contributed by atoms with E-state index >= 15 is 0 Å². The van der Waals surface area contributed by atoms with Gasteiger partial charge in [-0.2, -0.15) is 0 Å². The predicted molar refractivity (Wildman–Crippen MR) is 118 cm³/mol. The molecule has 1 aromatic heterocycles. The number of hydrogen-bond donors (Lipinski definition) is 1. The van der Waals surface area contributed by atoms with E-state index in [9.17, 15) is 9.59 Å². The summed E-state index contributed by atoms with van der Waals surface area (Å²) >= 11 is 0. The lowest BCUT2D eigenvalue weighted by Crippen LogP contribution is -2.57. The molecule has 7 nitrogen and oxygen atoms in total. The normalized spacial score (nSPS) is 21.6. The second kappa shape index (κ2) is 10.9. The van der Waals surface area contributed by atoms with Gasteiger partial charge in [-0.3, -0.25) is 24.4 Å². The second-order valence-corrected chi connectivity index (χ2v) is 8.83. The molecule has 0 aromatic carbocycles. The Labute approximate surface area is 180 Å². The highest BCUT2D eigenvalue weighted by atomic mass is 16.2. The summed E-state index contributed by atoms with van der Waals surface area (Å²) in [6, 6.07) is 4.55. The van der Waals surface area contributed by atoms with Gasteiger partial charge in [0, 0.05) is 57.2 Å². The standard InChI is InChI=1S/C23H37N5O2/c1-4-18(2)21-16-26(15-20-8-7-19(3)24-13-20)11-12-28(21)17-22(29)25-14-23(30)27-9-5-6-10-27/h7-8,13,18,21H,4-6,9-12,14-17H2,1-3H3,(H,25,29)/t18-,21+/m0/s1. The summed E-state index contributed by atoms with van der Waals surface area (Å²) in [5.41, 5.74) is 2.27. The van der Waals surface area contributed by atoms with Crippen molar-refractivity contribution >= 4 is 11.8 Å². The number of piperazine rings is 1. The molecule has 3 heterocycles. The van der Waals surface area contributed by atoms with E-state index in [1.165, 1.54) is 5.56 Å². The van der Waals surface area contributed by atoms with Crippen molar-refractivity contribution in [3.05, 3.63) is 29.6 Å². The molecule has 1 aromatic rings. The Hall–Kier alpha value is -1.99. The van der Waals surface area contributed by atoms with E-state index < -0.39 is 0 Å². The molecule has 0 bridgehead atoms. The number of nitrogens with zero attached hydrogens (tertiary/aromatic N) is 4. The Kier molecular flexibility index (Phi) is 8.22. The number of likely N-dealkylation sites (tertiary alicyclic amines) is 1. The van der Waals surface area contributed by atoms with E-state index in [0.717, 1.165) is 64.2 Å². The van der Waals surface area contributed by atoms with Crippen LogP contribution in [0.2, 0.25) is 0 Å². The Morgan fingerprint density at radius 3 is 2.63 bits per heavy atom. The number of aromatic nitrogens is 1. The molecule has 1 N–H and O–H groups in total. The van der Waals surface area contributed by atoms with Crippen LogP contribution in [-0.2, 0) is 16.1 Å². The van der Waals surface area contributed by atoms with E-state index in [2.05, 4.69) is 46.1 Å². The van der Waals surface area contributed by atoms with Crippen LogP contribution in [-0.4, -0.2) is 83.4 Å². The van der Waals surface area contributed by atoms with Crippen LogP contribution >= 0.6 is 0 Å². The molecule has 2 amide bonds. The van der Waals surface area contributed by atoms with Gasteiger partial charge in [0.25, 0.3) is 0 Å². The first kappa shape index (κ1) is 22.7. The van der Waals surface area contributed by atoms with Crippen molar-refractivity contribution in [1.82, 2.24) is 25.0 Å². The van der Waals surface area contributed by atoms with E-state index in [1.807, 2.05) is 18.0 Å². The van der Waals surface area contributed by atoms with Crippen LogP contribution in [0.5, 0.6) is 0 Å². The number of hydrogen-bond acceptors (Lipinski definition) is 5. The number of rotatable bonds is 8. The molecule has 3 rings (SSSR count). The molecule has 2 atom stereocenters. The quantitative estimate of drug-likeness (QED) is 0.699. The Bertz CT molecular complexity index is 702. The van der Waals surface area contributed by atoms with Gasteiger partial charge in [0.05, 0.1) is 13.1 Å². The van der Waals surface area contributed by atoms with Crippen molar-refractivity contribution in [3.63, 3.8) is 0 Å². The fourth-order valence-electron chi connectivity index (χ4n) is 4.40. The number of aryl methyl sites for hydroxylation is 1. The minimum absolute atomic E-state index is 0.0378. The van der Waals surface area contributed by atoms with Gasteiger partial charge in [0.1, 0.15) is 0 Å². The Balaban J connectivity index is 1.51. The highest BCUT2D eigenvalue weighted by Gasteiger charge is 2.31. The van der Waals surface area contributed by atoms with Crippen LogP contribution in [0.3, 0.4) is 0 Å². The van der Waals surface area contributed by atoms with E-state index in [0.29, 0.717) is 18.5 Å². The average molecular weight is 416 g/mol. The van der Waals surface area contributed by atoms with Gasteiger partial charge in [-0.25, -0.2) is 0 Å². The van der Waals surface area contributed by atoms with E-state index in [1.54, 1.807) is 0 Å². The van der Waals surface area contributed by atoms with Crippen LogP contribution in [0, 0.1) is 12.8 Å². The molecule has 0 aliphatic carbocycles. The fourth-order valence-corrected chi connectivity index (χ4v) is 4.40. The molecule has 2 fully saturated rings. The third-order valence-electron chi connectivity index (χ3n) is 6.54. The largest absolute Gasteiger partial charge is 0.346 e. The zero-order valence-corrected chi connectivity index (χ0v) is 18.8. The first-order chi connectivity index (χ1) is 14.5. The molecule has 0 saturated carbocycles. The Morgan fingerprint density at radius 1 is 1.20 bits per heavy atom. The minimum atomic E-state index is -0.0490. The van der Waals surface area contributed by atoms with Gasteiger partial charge in [-0.15, -0.1) is 0 Å². The Morgan fingerprint density at radius 2 is 1.97 bits per heavy atom. The lowest BCUT2D eigenvalue weighted by molar-refractivity contribution is -0.132. The summed E-state index contributed by atoms with van der Waals surface area (Å²) in [7, 11) is 0. The van der Waals surface area contributed by atoms with Crippen molar-refractivity contribution < 1.29 is 9.59 Å². The van der Waals surface area contributed by atoms with Crippen LogP contribution in [0.25, 0.3) is 0 Å². The summed E-state index contributed by atoms with van der Waals surface area (Å²) in [5, 5.41) is 2.85. The van der Waals surface area contributed by atoms with Crippen LogP contribution in [0.1, 0.15) is 44.4 Å². The molecule has 0 unspecified atom stereocenters. The van der Waals surface area contributed by atoms with Crippen molar-refractivity contribution in [3.8, 4) is 0 Å². The summed E-state index contributed by atoms with van der Waals surface area (Å²) in [5.74, 6) is 0.492. The fraction of sp³-hybridized carbons (Fsp3) is 0.696. The topological polar surface area (TPSA) is 68.8 Å². The molecular weight excluding hydrogens is 378 g/mol. The monoisotopic (exact) mass is 415 g/mol. The SMILES string of the molecule is CC[C@H](C)[C@H]1CN(Cc2ccc(C)nc2)CCN1CC(=O)NCC(=O)N1CCCC1. The number of amides is 2. The minimum Gasteiger partial charge on any atom is -0.346 e. The number of carbonyl (C=O) groups is 2. The average Bonchev–Trinajstić information content (AvgIpc) is 3.29. The van der Waals surface area contributed by atoms with Gasteiger partial charge in [0.2, 0.25) is 11.8 Å². The molecule has 0 spiro atoms. The third-order valence-corrected chi connectivity index (χ3v) is 6.54. The summed E-state index contributed by atoms with van der Waals surface area (Å²) in [6.45, 7) is 12.2. The lowest BCUT2D eigenvalue weighted by Gasteiger charge is -2.43. The summed E-state index contributed by atoms with van der Waals surface area (Å²) in [6.07, 6.45) is 5.18. The molecule has 2 aliphatic heterocycles. The smallest absolute Gasteiger partial charge is 0.241 e. The van der Waals surface area contributed by atoms with Gasteiger partial charge in [-0.1, -0.05) is 26.3 Å². The predicted octanol–water partition coefficient (Wildman–Crippen LogP) is 1.66. The van der Waals surface area contributed by atoms with Crippen molar-refractivity contribution in [1.29, 1.82) is 0 Å². The number of carbonyl (C=O) groups excluding carboxylic acids is 2. The van der Waals surface area contributed by atoms with E-state index in [-0.39, 0.29) is 18.4 Å². The maximum atomic E-state index is 12.5. The van der Waals surface area contributed by atoms with Crippen molar-refractivity contribution in [2.45, 2.75) is 52.6 Å². The third kappa shape index (κ3) is 6.25. The molecule has 166 valence electrons. The maximum absolute atomic E-state index is 12.5. The molecule has 7 heteroatoms. The summed E-state index contributed by atoms with van der Waals surface area (Å²) < 4.78 is 0. The number of pyridine rings is 1. The van der Waals surface area contributed by atoms with Gasteiger partial charge in [-0.05, 0) is 37.3 Å². The lowest BCUT2D eigenvalue weighted by atomic mass is 9.95. The zero-order chi connectivity index (χ0) is 21.5. The first-order valence-corrected chi connectivity index (χ1v) is 11.4. The zero-order valence-electron chi connectivity index (χ0n) is 18.8. The maximum Gasteiger partial charge on any atom is 0.241 e. The van der Waals surface area contributed by atoms with Crippen LogP contribution in [0.15, 0.2) is 18.3 Å². The van der Waals surface area contributed by atoms with Gasteiger partial charge < -0.3 is 10.2 Å². The molecule has 2 saturated heterocycles. The first-order valence-electron chi connectivity index (χ1n) is 11.4. The van der Waals surface area contributed by atoms with Gasteiger partial charge in [0.15, 0.2) is 0 Å². The summed E-state index contributed by atoms with van der Waals surface area (Å²) in [4.78, 5) is 35.8. The highest BCUT2D eigenvalue weighted by molar-refractivity contribution is 5.85. The molecule has 0 radical (unpaired) electrons.